The topological polar surface area (TPSA) is 110 Å². The first-order valence-corrected chi connectivity index (χ1v) is 8.55. The summed E-state index contributed by atoms with van der Waals surface area (Å²) in [5.41, 5.74) is -0.141. The maximum absolute atomic E-state index is 12.0. The maximum Gasteiger partial charge on any atom is 0.340 e. The van der Waals surface area contributed by atoms with Gasteiger partial charge in [0.15, 0.2) is 5.25 Å². The lowest BCUT2D eigenvalue weighted by molar-refractivity contribution is -0.136. The lowest BCUT2D eigenvalue weighted by Gasteiger charge is -2.15. The molecule has 1 unspecified atom stereocenters. The van der Waals surface area contributed by atoms with Crippen molar-refractivity contribution in [2.45, 2.75) is 12.2 Å². The molecule has 0 radical (unpaired) electrons. The molecule has 0 bridgehead atoms. The predicted octanol–water partition coefficient (Wildman–Crippen LogP) is 2.21. The predicted molar refractivity (Wildman–Crippen MR) is 82.8 cm³/mol. The van der Waals surface area contributed by atoms with E-state index in [-0.39, 0.29) is 15.7 Å². The van der Waals surface area contributed by atoms with Crippen LogP contribution in [0.3, 0.4) is 0 Å². The van der Waals surface area contributed by atoms with Crippen molar-refractivity contribution >= 4 is 59.5 Å². The van der Waals surface area contributed by atoms with Gasteiger partial charge in [-0.15, -0.1) is 0 Å². The average Bonchev–Trinajstić information content (AvgIpc) is 2.39. The molecule has 0 spiro atoms. The minimum Gasteiger partial charge on any atom is -0.480 e. The average molecular weight is 445 g/mol. The molecule has 0 aliphatic carbocycles. The lowest BCUT2D eigenvalue weighted by Crippen LogP contribution is -2.32. The van der Waals surface area contributed by atoms with Crippen LogP contribution in [0.2, 0.25) is 0 Å². The Morgan fingerprint density at radius 3 is 2.38 bits per heavy atom. The van der Waals surface area contributed by atoms with Gasteiger partial charge in [0.1, 0.15) is 0 Å². The fourth-order valence-electron chi connectivity index (χ4n) is 1.31. The van der Waals surface area contributed by atoms with E-state index in [0.717, 1.165) is 14.0 Å². The molecule has 2 N–H and O–H groups in total. The monoisotopic (exact) mass is 443 g/mol. The largest absolute Gasteiger partial charge is 0.480 e. The van der Waals surface area contributed by atoms with E-state index in [1.807, 2.05) is 0 Å². The molecule has 1 atom stereocenters. The number of benzene rings is 1. The number of esters is 1. The Hall–Kier alpha value is -1.13. The molecule has 0 saturated heterocycles. The standard InChI is InChI=1S/C11H11Br2NO6S/c1-5(10(15)16)21(18,19)14-9-7(11(17)20-2)3-6(12)4-8(9)13/h3-5,14H,1-2H3,(H,15,16). The Kier molecular flexibility index (Phi) is 5.76. The minimum atomic E-state index is -4.21. The van der Waals surface area contributed by atoms with Crippen molar-refractivity contribution in [2.24, 2.45) is 0 Å². The third-order valence-corrected chi connectivity index (χ3v) is 5.22. The van der Waals surface area contributed by atoms with Crippen molar-refractivity contribution in [3.8, 4) is 0 Å². The molecule has 1 aromatic carbocycles. The van der Waals surface area contributed by atoms with E-state index < -0.39 is 27.2 Å². The van der Waals surface area contributed by atoms with E-state index >= 15 is 0 Å². The van der Waals surface area contributed by atoms with E-state index in [1.54, 1.807) is 0 Å². The van der Waals surface area contributed by atoms with E-state index in [2.05, 4.69) is 41.3 Å². The second kappa shape index (κ2) is 6.75. The first-order valence-electron chi connectivity index (χ1n) is 5.42. The van der Waals surface area contributed by atoms with Crippen LogP contribution in [0.4, 0.5) is 5.69 Å². The van der Waals surface area contributed by atoms with Crippen molar-refractivity contribution in [1.82, 2.24) is 0 Å². The summed E-state index contributed by atoms with van der Waals surface area (Å²) >= 11 is 6.29. The third kappa shape index (κ3) is 4.17. The molecule has 0 fully saturated rings. The van der Waals surface area contributed by atoms with E-state index in [0.29, 0.717) is 4.47 Å². The van der Waals surface area contributed by atoms with Crippen LogP contribution in [0, 0.1) is 0 Å². The van der Waals surface area contributed by atoms with Crippen LogP contribution >= 0.6 is 31.9 Å². The van der Waals surface area contributed by atoms with Crippen LogP contribution in [-0.2, 0) is 19.6 Å². The Labute approximate surface area is 138 Å². The maximum atomic E-state index is 12.0. The fraction of sp³-hybridized carbons (Fsp3) is 0.273. The third-order valence-electron chi connectivity index (χ3n) is 2.52. The first-order chi connectivity index (χ1) is 9.60. The van der Waals surface area contributed by atoms with Crippen LogP contribution in [0.5, 0.6) is 0 Å². The van der Waals surface area contributed by atoms with Gasteiger partial charge in [-0.2, -0.15) is 0 Å². The number of nitrogens with one attached hydrogen (secondary N) is 1. The molecular formula is C11H11Br2NO6S. The molecule has 0 aromatic heterocycles. The lowest BCUT2D eigenvalue weighted by atomic mass is 10.2. The van der Waals surface area contributed by atoms with Gasteiger partial charge in [0.05, 0.1) is 18.4 Å². The molecule has 0 aliphatic heterocycles. The molecule has 10 heteroatoms. The number of aliphatic carboxylic acids is 1. The number of carbonyl (C=O) groups excluding carboxylic acids is 1. The van der Waals surface area contributed by atoms with Crippen LogP contribution in [-0.4, -0.2) is 37.8 Å². The summed E-state index contributed by atoms with van der Waals surface area (Å²) in [6.07, 6.45) is 0. The fourth-order valence-corrected chi connectivity index (χ4v) is 3.71. The smallest absolute Gasteiger partial charge is 0.340 e. The molecule has 7 nitrogen and oxygen atoms in total. The Balaban J connectivity index is 3.37. The summed E-state index contributed by atoms with van der Waals surface area (Å²) in [5.74, 6) is -2.27. The number of rotatable bonds is 5. The van der Waals surface area contributed by atoms with Crippen LogP contribution in [0.15, 0.2) is 21.1 Å². The normalized spacial score (nSPS) is 12.6. The summed E-state index contributed by atoms with van der Waals surface area (Å²) in [6.45, 7) is 1.02. The number of hydrogen-bond acceptors (Lipinski definition) is 5. The second-order valence-corrected chi connectivity index (χ2v) is 7.70. The van der Waals surface area contributed by atoms with E-state index in [4.69, 9.17) is 5.11 Å². The van der Waals surface area contributed by atoms with Gasteiger partial charge in [-0.1, -0.05) is 15.9 Å². The SMILES string of the molecule is COC(=O)c1cc(Br)cc(Br)c1NS(=O)(=O)C(C)C(=O)O. The zero-order valence-corrected chi connectivity index (χ0v) is 14.9. The highest BCUT2D eigenvalue weighted by molar-refractivity contribution is 9.11. The van der Waals surface area contributed by atoms with Gasteiger partial charge in [-0.05, 0) is 35.0 Å². The van der Waals surface area contributed by atoms with Crippen molar-refractivity contribution in [2.75, 3.05) is 11.8 Å². The minimum absolute atomic E-state index is 0.0556. The number of methoxy groups -OCH3 is 1. The van der Waals surface area contributed by atoms with Crippen molar-refractivity contribution < 1.29 is 27.9 Å². The number of ether oxygens (including phenoxy) is 1. The molecule has 1 rings (SSSR count). The Morgan fingerprint density at radius 2 is 1.90 bits per heavy atom. The van der Waals surface area contributed by atoms with Gasteiger partial charge in [-0.3, -0.25) is 9.52 Å². The molecule has 0 amide bonds. The molecule has 21 heavy (non-hydrogen) atoms. The molecule has 1 aromatic rings. The number of carboxylic acids is 1. The molecule has 0 aliphatic rings. The molecule has 0 saturated carbocycles. The van der Waals surface area contributed by atoms with Gasteiger partial charge >= 0.3 is 11.9 Å². The van der Waals surface area contributed by atoms with E-state index in [1.165, 1.54) is 12.1 Å². The van der Waals surface area contributed by atoms with Crippen molar-refractivity contribution in [3.05, 3.63) is 26.6 Å². The highest BCUT2D eigenvalue weighted by Crippen LogP contribution is 2.32. The number of anilines is 1. The molecule has 0 heterocycles. The first kappa shape index (κ1) is 17.9. The number of hydrogen-bond donors (Lipinski definition) is 2. The van der Waals surface area contributed by atoms with Gasteiger partial charge < -0.3 is 9.84 Å². The second-order valence-electron chi connectivity index (χ2n) is 3.93. The highest BCUT2D eigenvalue weighted by atomic mass is 79.9. The molecule has 116 valence electrons. The van der Waals surface area contributed by atoms with Gasteiger partial charge in [0, 0.05) is 8.95 Å². The summed E-state index contributed by atoms with van der Waals surface area (Å²) in [6, 6.07) is 2.87. The summed E-state index contributed by atoms with van der Waals surface area (Å²) in [5, 5.41) is 7.12. The summed E-state index contributed by atoms with van der Waals surface area (Å²) in [7, 11) is -3.07. The zero-order chi connectivity index (χ0) is 16.4. The van der Waals surface area contributed by atoms with Gasteiger partial charge in [0.25, 0.3) is 0 Å². The zero-order valence-electron chi connectivity index (χ0n) is 10.9. The Bertz CT molecular complexity index is 688. The summed E-state index contributed by atoms with van der Waals surface area (Å²) in [4.78, 5) is 22.5. The number of halogens is 2. The van der Waals surface area contributed by atoms with E-state index in [9.17, 15) is 18.0 Å². The van der Waals surface area contributed by atoms with Crippen molar-refractivity contribution in [1.29, 1.82) is 0 Å². The van der Waals surface area contributed by atoms with Gasteiger partial charge in [-0.25, -0.2) is 13.2 Å². The number of sulfonamides is 1. The number of carbonyl (C=O) groups is 2. The van der Waals surface area contributed by atoms with Crippen LogP contribution < -0.4 is 4.72 Å². The van der Waals surface area contributed by atoms with Crippen molar-refractivity contribution in [3.63, 3.8) is 0 Å². The quantitative estimate of drug-likeness (QED) is 0.673. The Morgan fingerprint density at radius 1 is 1.33 bits per heavy atom. The van der Waals surface area contributed by atoms with Crippen LogP contribution in [0.25, 0.3) is 0 Å². The van der Waals surface area contributed by atoms with Gasteiger partial charge in [0.2, 0.25) is 10.0 Å². The number of carboxylic acid groups (broad SMARTS) is 1. The summed E-state index contributed by atoms with van der Waals surface area (Å²) < 4.78 is 31.4. The van der Waals surface area contributed by atoms with Crippen LogP contribution in [0.1, 0.15) is 17.3 Å². The highest BCUT2D eigenvalue weighted by Gasteiger charge is 2.30. The molecular weight excluding hydrogens is 434 g/mol.